The molecule has 0 aliphatic heterocycles. The second kappa shape index (κ2) is 8.34. The number of hydrogen-bond acceptors (Lipinski definition) is 5. The Hall–Kier alpha value is -3.68. The number of nitrogens with one attached hydrogen (secondary N) is 1. The Morgan fingerprint density at radius 2 is 1.96 bits per heavy atom. The number of nitrogens with zero attached hydrogens (tertiary/aromatic N) is 3. The second-order valence-electron chi connectivity index (χ2n) is 6.32. The summed E-state index contributed by atoms with van der Waals surface area (Å²) in [6, 6.07) is 14.9. The van der Waals surface area contributed by atoms with Gasteiger partial charge >= 0.3 is 0 Å². The molecule has 1 amide bonds. The summed E-state index contributed by atoms with van der Waals surface area (Å²) in [5, 5.41) is 17.8. The van der Waals surface area contributed by atoms with E-state index in [1.807, 2.05) is 26.1 Å². The Morgan fingerprint density at radius 3 is 2.61 bits per heavy atom. The van der Waals surface area contributed by atoms with E-state index in [9.17, 15) is 14.9 Å². The van der Waals surface area contributed by atoms with Crippen molar-refractivity contribution in [1.82, 2.24) is 15.1 Å². The third-order valence-corrected chi connectivity index (χ3v) is 4.17. The van der Waals surface area contributed by atoms with Crippen molar-refractivity contribution in [2.45, 2.75) is 20.1 Å². The van der Waals surface area contributed by atoms with E-state index < -0.39 is 4.92 Å². The van der Waals surface area contributed by atoms with Gasteiger partial charge in [0.05, 0.1) is 22.9 Å². The van der Waals surface area contributed by atoms with E-state index in [0.717, 1.165) is 17.0 Å². The van der Waals surface area contributed by atoms with Crippen LogP contribution in [0.25, 0.3) is 0 Å². The van der Waals surface area contributed by atoms with Crippen LogP contribution in [0.15, 0.2) is 54.6 Å². The first-order valence-corrected chi connectivity index (χ1v) is 8.66. The van der Waals surface area contributed by atoms with Crippen LogP contribution in [0.5, 0.6) is 5.75 Å². The van der Waals surface area contributed by atoms with E-state index in [4.69, 9.17) is 4.74 Å². The summed E-state index contributed by atoms with van der Waals surface area (Å²) in [6.07, 6.45) is 0. The first-order chi connectivity index (χ1) is 13.4. The maximum Gasteiger partial charge on any atom is 0.269 e. The van der Waals surface area contributed by atoms with Crippen molar-refractivity contribution in [3.05, 3.63) is 87.2 Å². The number of amides is 1. The standard InChI is InChI=1S/C20H20N4O4/c1-14-10-18(23(2)22-14)12-21-20(25)16-5-3-4-15(11-16)13-28-19-8-6-17(7-9-19)24(26)27/h3-11H,12-13H2,1-2H3,(H,21,25). The number of aromatic nitrogens is 2. The van der Waals surface area contributed by atoms with Gasteiger partial charge < -0.3 is 10.1 Å². The van der Waals surface area contributed by atoms with Crippen molar-refractivity contribution in [3.8, 4) is 5.75 Å². The molecule has 3 aromatic rings. The largest absolute Gasteiger partial charge is 0.489 e. The van der Waals surface area contributed by atoms with Gasteiger partial charge in [-0.05, 0) is 42.8 Å². The molecule has 0 saturated heterocycles. The number of ether oxygens (including phenoxy) is 1. The van der Waals surface area contributed by atoms with Crippen LogP contribution in [0.3, 0.4) is 0 Å². The summed E-state index contributed by atoms with van der Waals surface area (Å²) in [5.41, 5.74) is 3.18. The zero-order valence-electron chi connectivity index (χ0n) is 15.6. The van der Waals surface area contributed by atoms with Crippen molar-refractivity contribution >= 4 is 11.6 Å². The normalized spacial score (nSPS) is 10.5. The van der Waals surface area contributed by atoms with E-state index in [1.165, 1.54) is 12.1 Å². The van der Waals surface area contributed by atoms with Gasteiger partial charge in [-0.3, -0.25) is 19.6 Å². The molecule has 8 heteroatoms. The number of non-ortho nitro benzene ring substituents is 1. The highest BCUT2D eigenvalue weighted by molar-refractivity contribution is 5.94. The van der Waals surface area contributed by atoms with Gasteiger partial charge in [-0.2, -0.15) is 5.10 Å². The lowest BCUT2D eigenvalue weighted by molar-refractivity contribution is -0.384. The van der Waals surface area contributed by atoms with Gasteiger partial charge in [-0.25, -0.2) is 0 Å². The molecular formula is C20H20N4O4. The maximum absolute atomic E-state index is 12.4. The molecule has 0 aliphatic carbocycles. The van der Waals surface area contributed by atoms with Crippen LogP contribution in [0.2, 0.25) is 0 Å². The molecule has 1 N–H and O–H groups in total. The number of carbonyl (C=O) groups is 1. The van der Waals surface area contributed by atoms with Crippen LogP contribution in [0.4, 0.5) is 5.69 Å². The molecule has 3 rings (SSSR count). The molecule has 0 atom stereocenters. The van der Waals surface area contributed by atoms with Crippen LogP contribution < -0.4 is 10.1 Å². The number of benzene rings is 2. The maximum atomic E-state index is 12.4. The Bertz CT molecular complexity index is 996. The zero-order chi connectivity index (χ0) is 20.1. The smallest absolute Gasteiger partial charge is 0.269 e. The molecule has 28 heavy (non-hydrogen) atoms. The van der Waals surface area contributed by atoms with Crippen LogP contribution >= 0.6 is 0 Å². The fraction of sp³-hybridized carbons (Fsp3) is 0.200. The predicted octanol–water partition coefficient (Wildman–Crippen LogP) is 3.15. The summed E-state index contributed by atoms with van der Waals surface area (Å²) in [6.45, 7) is 2.54. The minimum absolute atomic E-state index is 0.00892. The number of nitro benzene ring substituents is 1. The average molecular weight is 380 g/mol. The van der Waals surface area contributed by atoms with Crippen molar-refractivity contribution in [2.24, 2.45) is 7.05 Å². The molecule has 2 aromatic carbocycles. The topological polar surface area (TPSA) is 99.3 Å². The van der Waals surface area contributed by atoms with Crippen LogP contribution in [-0.2, 0) is 20.2 Å². The monoisotopic (exact) mass is 380 g/mol. The average Bonchev–Trinajstić information content (AvgIpc) is 3.02. The summed E-state index contributed by atoms with van der Waals surface area (Å²) >= 11 is 0. The zero-order valence-corrected chi connectivity index (χ0v) is 15.6. The van der Waals surface area contributed by atoms with Crippen molar-refractivity contribution in [2.75, 3.05) is 0 Å². The van der Waals surface area contributed by atoms with E-state index in [2.05, 4.69) is 10.4 Å². The lowest BCUT2D eigenvalue weighted by Crippen LogP contribution is -2.24. The van der Waals surface area contributed by atoms with Crippen molar-refractivity contribution < 1.29 is 14.5 Å². The van der Waals surface area contributed by atoms with Gasteiger partial charge in [0.1, 0.15) is 12.4 Å². The number of rotatable bonds is 7. The Morgan fingerprint density at radius 1 is 1.21 bits per heavy atom. The predicted molar refractivity (Wildman–Crippen MR) is 103 cm³/mol. The van der Waals surface area contributed by atoms with Crippen LogP contribution in [0.1, 0.15) is 27.3 Å². The van der Waals surface area contributed by atoms with Gasteiger partial charge in [-0.15, -0.1) is 0 Å². The second-order valence-corrected chi connectivity index (χ2v) is 6.32. The van der Waals surface area contributed by atoms with E-state index >= 15 is 0 Å². The molecule has 0 fully saturated rings. The molecule has 0 radical (unpaired) electrons. The van der Waals surface area contributed by atoms with Gasteiger partial charge in [-0.1, -0.05) is 12.1 Å². The molecule has 0 unspecified atom stereocenters. The molecule has 8 nitrogen and oxygen atoms in total. The lowest BCUT2D eigenvalue weighted by Gasteiger charge is -2.09. The van der Waals surface area contributed by atoms with Crippen molar-refractivity contribution in [1.29, 1.82) is 0 Å². The first kappa shape index (κ1) is 19.1. The number of nitro groups is 1. The Labute approximate surface area is 161 Å². The molecule has 0 bridgehead atoms. The molecule has 144 valence electrons. The van der Waals surface area contributed by atoms with Gasteiger partial charge in [0.25, 0.3) is 11.6 Å². The van der Waals surface area contributed by atoms with E-state index in [-0.39, 0.29) is 18.2 Å². The van der Waals surface area contributed by atoms with Crippen LogP contribution in [-0.4, -0.2) is 20.6 Å². The summed E-state index contributed by atoms with van der Waals surface area (Å²) < 4.78 is 7.38. The molecule has 1 heterocycles. The highest BCUT2D eigenvalue weighted by Gasteiger charge is 2.09. The van der Waals surface area contributed by atoms with E-state index in [0.29, 0.717) is 17.9 Å². The van der Waals surface area contributed by atoms with Gasteiger partial charge in [0, 0.05) is 24.7 Å². The summed E-state index contributed by atoms with van der Waals surface area (Å²) in [7, 11) is 1.84. The van der Waals surface area contributed by atoms with Gasteiger partial charge in [0.2, 0.25) is 0 Å². The summed E-state index contributed by atoms with van der Waals surface area (Å²) in [4.78, 5) is 22.6. The molecule has 0 spiro atoms. The molecular weight excluding hydrogens is 360 g/mol. The first-order valence-electron chi connectivity index (χ1n) is 8.66. The fourth-order valence-corrected chi connectivity index (χ4v) is 2.74. The minimum Gasteiger partial charge on any atom is -0.489 e. The van der Waals surface area contributed by atoms with E-state index in [1.54, 1.807) is 35.0 Å². The molecule has 1 aromatic heterocycles. The Kier molecular flexibility index (Phi) is 5.69. The number of hydrogen-bond donors (Lipinski definition) is 1. The van der Waals surface area contributed by atoms with Gasteiger partial charge in [0.15, 0.2) is 0 Å². The lowest BCUT2D eigenvalue weighted by atomic mass is 10.1. The number of carbonyl (C=O) groups excluding carboxylic acids is 1. The molecule has 0 saturated carbocycles. The highest BCUT2D eigenvalue weighted by Crippen LogP contribution is 2.18. The summed E-state index contributed by atoms with van der Waals surface area (Å²) in [5.74, 6) is 0.336. The minimum atomic E-state index is -0.460. The fourth-order valence-electron chi connectivity index (χ4n) is 2.74. The third kappa shape index (κ3) is 4.73. The van der Waals surface area contributed by atoms with Crippen molar-refractivity contribution in [3.63, 3.8) is 0 Å². The quantitative estimate of drug-likeness (QED) is 0.501. The SMILES string of the molecule is Cc1cc(CNC(=O)c2cccc(COc3ccc([N+](=O)[O-])cc3)c2)n(C)n1. The third-order valence-electron chi connectivity index (χ3n) is 4.17. The highest BCUT2D eigenvalue weighted by atomic mass is 16.6. The molecule has 0 aliphatic rings. The Balaban J connectivity index is 1.59. The van der Waals surface area contributed by atoms with Crippen LogP contribution in [0, 0.1) is 17.0 Å². The number of aryl methyl sites for hydroxylation is 2.